The molecule has 2 aliphatic rings. The number of rotatable bonds is 4. The minimum absolute atomic E-state index is 0.0336. The van der Waals surface area contributed by atoms with Crippen molar-refractivity contribution in [2.75, 3.05) is 36.0 Å². The van der Waals surface area contributed by atoms with Crippen LogP contribution in [-0.2, 0) is 20.9 Å². The van der Waals surface area contributed by atoms with Crippen LogP contribution >= 0.6 is 0 Å². The van der Waals surface area contributed by atoms with E-state index in [1.807, 2.05) is 53.7 Å². The number of nitrogens with zero attached hydrogens (tertiary/aromatic N) is 5. The Kier molecular flexibility index (Phi) is 12.2. The van der Waals surface area contributed by atoms with Gasteiger partial charge in [0.05, 0.1) is 5.56 Å². The number of aliphatic carboxylic acids is 2. The number of aromatic nitrogens is 2. The van der Waals surface area contributed by atoms with Gasteiger partial charge in [0, 0.05) is 62.3 Å². The van der Waals surface area contributed by atoms with Gasteiger partial charge in [-0.15, -0.1) is 0 Å². The fourth-order valence-corrected chi connectivity index (χ4v) is 4.75. The number of carbonyl (C=O) groups is 4. The molecule has 0 atom stereocenters. The van der Waals surface area contributed by atoms with E-state index in [1.165, 1.54) is 5.69 Å². The Hall–Kier alpha value is -5.22. The number of benzene rings is 1. The summed E-state index contributed by atoms with van der Waals surface area (Å²) in [5.41, 5.74) is 3.61. The second-order valence-electron chi connectivity index (χ2n) is 10.3. The number of carbonyl (C=O) groups excluding carboxylic acids is 2. The van der Waals surface area contributed by atoms with Crippen LogP contribution in [0.3, 0.4) is 0 Å². The molecule has 0 radical (unpaired) electrons. The van der Waals surface area contributed by atoms with Gasteiger partial charge in [-0.05, 0) is 54.7 Å². The predicted octanol–water partition coefficient (Wildman–Crippen LogP) is 4.65. The molecule has 17 heteroatoms. The van der Waals surface area contributed by atoms with Crippen molar-refractivity contribution in [2.24, 2.45) is 5.92 Å². The maximum Gasteiger partial charge on any atom is 0.490 e. The Morgan fingerprint density at radius 1 is 0.787 bits per heavy atom. The molecule has 47 heavy (non-hydrogen) atoms. The van der Waals surface area contributed by atoms with Crippen molar-refractivity contribution in [1.82, 2.24) is 14.9 Å². The zero-order chi connectivity index (χ0) is 34.8. The molecule has 1 saturated heterocycles. The van der Waals surface area contributed by atoms with E-state index >= 15 is 0 Å². The number of fused-ring (bicyclic) bond motifs is 1. The lowest BCUT2D eigenvalue weighted by Crippen LogP contribution is -2.44. The van der Waals surface area contributed by atoms with Crippen LogP contribution in [0.25, 0.3) is 0 Å². The summed E-state index contributed by atoms with van der Waals surface area (Å²) in [5, 5.41) is 14.2. The van der Waals surface area contributed by atoms with Crippen LogP contribution < -0.4 is 9.80 Å². The standard InChI is InChI=1S/C26H27N5O2.2C2HF3O2/c32-25-19-30(26(33)21-5-3-11-28-16-21)18-22-4-1-2-6-24(22)31(25)17-20-9-14-29(15-10-20)23-7-12-27-13-8-23;2*3-2(4,5)1(6)7/h1-8,11-13,16,20H,9-10,14-15,17-19H2;2*(H,6,7). The second-order valence-corrected chi connectivity index (χ2v) is 10.3. The summed E-state index contributed by atoms with van der Waals surface area (Å²) < 4.78 is 63.5. The quantitative estimate of drug-likeness (QED) is 0.380. The lowest BCUT2D eigenvalue weighted by atomic mass is 9.95. The number of amides is 2. The van der Waals surface area contributed by atoms with Crippen molar-refractivity contribution in [2.45, 2.75) is 31.7 Å². The number of hydrogen-bond acceptors (Lipinski definition) is 7. The predicted molar refractivity (Wildman–Crippen MR) is 154 cm³/mol. The van der Waals surface area contributed by atoms with Crippen molar-refractivity contribution in [3.8, 4) is 0 Å². The monoisotopic (exact) mass is 669 g/mol. The number of para-hydroxylation sites is 1. The first-order valence-electron chi connectivity index (χ1n) is 13.9. The van der Waals surface area contributed by atoms with Crippen LogP contribution in [0.15, 0.2) is 73.3 Å². The highest BCUT2D eigenvalue weighted by atomic mass is 19.4. The molecule has 0 aliphatic carbocycles. The normalized spacial score (nSPS) is 15.3. The van der Waals surface area contributed by atoms with E-state index in [-0.39, 0.29) is 18.4 Å². The molecule has 2 aromatic heterocycles. The van der Waals surface area contributed by atoms with Gasteiger partial charge >= 0.3 is 24.3 Å². The topological polar surface area (TPSA) is 144 Å². The molecule has 0 saturated carbocycles. The highest BCUT2D eigenvalue weighted by Crippen LogP contribution is 2.30. The minimum atomic E-state index is -5.08. The van der Waals surface area contributed by atoms with Gasteiger partial charge in [-0.3, -0.25) is 19.6 Å². The lowest BCUT2D eigenvalue weighted by Gasteiger charge is -2.36. The first kappa shape index (κ1) is 36.3. The maximum absolute atomic E-state index is 13.4. The molecular formula is C30H29F6N5O6. The molecule has 2 N–H and O–H groups in total. The molecule has 2 aliphatic heterocycles. The van der Waals surface area contributed by atoms with Crippen molar-refractivity contribution in [3.05, 3.63) is 84.4 Å². The summed E-state index contributed by atoms with van der Waals surface area (Å²) >= 11 is 0. The number of carboxylic acids is 2. The molecule has 1 fully saturated rings. The number of piperidine rings is 1. The smallest absolute Gasteiger partial charge is 0.475 e. The van der Waals surface area contributed by atoms with Gasteiger partial charge in [0.25, 0.3) is 5.91 Å². The average molecular weight is 670 g/mol. The second kappa shape index (κ2) is 15.9. The molecule has 0 spiro atoms. The van der Waals surface area contributed by atoms with Gasteiger partial charge in [-0.25, -0.2) is 9.59 Å². The summed E-state index contributed by atoms with van der Waals surface area (Å²) in [6.45, 7) is 3.08. The third kappa shape index (κ3) is 10.7. The van der Waals surface area contributed by atoms with Crippen LogP contribution in [0, 0.1) is 5.92 Å². The van der Waals surface area contributed by atoms with E-state index < -0.39 is 24.3 Å². The fourth-order valence-electron chi connectivity index (χ4n) is 4.75. The van der Waals surface area contributed by atoms with Crippen molar-refractivity contribution in [3.63, 3.8) is 0 Å². The van der Waals surface area contributed by atoms with Crippen LogP contribution in [0.2, 0.25) is 0 Å². The third-order valence-electron chi connectivity index (χ3n) is 7.03. The van der Waals surface area contributed by atoms with Gasteiger partial charge in [-0.1, -0.05) is 18.2 Å². The van der Waals surface area contributed by atoms with E-state index in [2.05, 4.69) is 14.9 Å². The molecule has 252 valence electrons. The maximum atomic E-state index is 13.4. The fraction of sp³-hybridized carbons (Fsp3) is 0.333. The number of hydrogen-bond donors (Lipinski definition) is 2. The Labute approximate surface area is 264 Å². The molecule has 0 unspecified atom stereocenters. The highest BCUT2D eigenvalue weighted by Gasteiger charge is 2.39. The van der Waals surface area contributed by atoms with E-state index in [1.54, 1.807) is 29.4 Å². The van der Waals surface area contributed by atoms with Gasteiger partial charge in [0.1, 0.15) is 6.54 Å². The van der Waals surface area contributed by atoms with Crippen molar-refractivity contribution in [1.29, 1.82) is 0 Å². The van der Waals surface area contributed by atoms with E-state index in [9.17, 15) is 35.9 Å². The molecule has 4 heterocycles. The van der Waals surface area contributed by atoms with Gasteiger partial charge < -0.3 is 24.9 Å². The number of halogens is 6. The Bertz CT molecular complexity index is 1490. The van der Waals surface area contributed by atoms with Crippen molar-refractivity contribution < 1.29 is 55.7 Å². The number of carboxylic acid groups (broad SMARTS) is 2. The van der Waals surface area contributed by atoms with Crippen molar-refractivity contribution >= 4 is 35.1 Å². The van der Waals surface area contributed by atoms with Gasteiger partial charge in [0.15, 0.2) is 0 Å². The summed E-state index contributed by atoms with van der Waals surface area (Å²) in [5.74, 6) is -5.30. The molecule has 1 aromatic carbocycles. The molecule has 3 aromatic rings. The Morgan fingerprint density at radius 3 is 1.89 bits per heavy atom. The summed E-state index contributed by atoms with van der Waals surface area (Å²) in [4.78, 5) is 58.3. The highest BCUT2D eigenvalue weighted by molar-refractivity contribution is 6.01. The molecular weight excluding hydrogens is 640 g/mol. The average Bonchev–Trinajstić information content (AvgIpc) is 3.17. The summed E-state index contributed by atoms with van der Waals surface area (Å²) in [6.07, 6.45) is -1.28. The lowest BCUT2D eigenvalue weighted by molar-refractivity contribution is -0.193. The number of alkyl halides is 6. The first-order valence-corrected chi connectivity index (χ1v) is 13.9. The molecule has 11 nitrogen and oxygen atoms in total. The zero-order valence-corrected chi connectivity index (χ0v) is 24.5. The SMILES string of the molecule is O=C(O)C(F)(F)F.O=C(O)C(F)(F)F.O=C(c1cccnc1)N1CC(=O)N(CC2CCN(c3ccncc3)CC2)c2ccccc2C1. The first-order chi connectivity index (χ1) is 22.1. The summed E-state index contributed by atoms with van der Waals surface area (Å²) in [7, 11) is 0. The van der Waals surface area contributed by atoms with Crippen LogP contribution in [0.4, 0.5) is 37.7 Å². The van der Waals surface area contributed by atoms with Gasteiger partial charge in [-0.2, -0.15) is 26.3 Å². The Morgan fingerprint density at radius 2 is 1.36 bits per heavy atom. The Balaban J connectivity index is 0.000000360. The van der Waals surface area contributed by atoms with Gasteiger partial charge in [0.2, 0.25) is 5.91 Å². The van der Waals surface area contributed by atoms with Crippen LogP contribution in [0.1, 0.15) is 28.8 Å². The van der Waals surface area contributed by atoms with E-state index in [0.29, 0.717) is 24.6 Å². The number of pyridine rings is 2. The van der Waals surface area contributed by atoms with E-state index in [4.69, 9.17) is 19.8 Å². The zero-order valence-electron chi connectivity index (χ0n) is 24.5. The third-order valence-corrected chi connectivity index (χ3v) is 7.03. The van der Waals surface area contributed by atoms with Crippen LogP contribution in [-0.4, -0.2) is 87.4 Å². The molecule has 2 amide bonds. The minimum Gasteiger partial charge on any atom is -0.475 e. The van der Waals surface area contributed by atoms with E-state index in [0.717, 1.165) is 37.2 Å². The summed E-state index contributed by atoms with van der Waals surface area (Å²) in [6, 6.07) is 15.5. The van der Waals surface area contributed by atoms with Crippen LogP contribution in [0.5, 0.6) is 0 Å². The number of anilines is 2. The molecule has 0 bridgehead atoms. The largest absolute Gasteiger partial charge is 0.490 e. The molecule has 5 rings (SSSR count).